The van der Waals surface area contributed by atoms with E-state index in [2.05, 4.69) is 17.2 Å². The van der Waals surface area contributed by atoms with Gasteiger partial charge in [0, 0.05) is 18.7 Å². The minimum Gasteiger partial charge on any atom is -0.354 e. The number of carbonyl (C=O) groups is 1. The Labute approximate surface area is 170 Å². The van der Waals surface area contributed by atoms with E-state index in [0.29, 0.717) is 6.54 Å². The average Bonchev–Trinajstić information content (AvgIpc) is 3.00. The molecule has 1 saturated heterocycles. The number of aromatic amines is 1. The van der Waals surface area contributed by atoms with Gasteiger partial charge in [0.25, 0.3) is 11.5 Å². The molecule has 0 aliphatic carbocycles. The fourth-order valence-corrected chi connectivity index (χ4v) is 3.88. The van der Waals surface area contributed by atoms with Crippen LogP contribution in [0.5, 0.6) is 0 Å². The van der Waals surface area contributed by atoms with E-state index in [4.69, 9.17) is 4.74 Å². The lowest BCUT2D eigenvalue weighted by atomic mass is 9.91. The van der Waals surface area contributed by atoms with Gasteiger partial charge in [-0.3, -0.25) is 19.1 Å². The van der Waals surface area contributed by atoms with Gasteiger partial charge in [0.2, 0.25) is 0 Å². The lowest BCUT2D eigenvalue weighted by Gasteiger charge is -2.19. The molecule has 0 radical (unpaired) electrons. The fourth-order valence-electron chi connectivity index (χ4n) is 3.88. The number of aromatic nitrogens is 2. The monoisotopic (exact) mass is 399 g/mol. The van der Waals surface area contributed by atoms with Crippen LogP contribution in [0, 0.1) is 11.8 Å². The first kappa shape index (κ1) is 21.0. The lowest BCUT2D eigenvalue weighted by Crippen LogP contribution is -2.39. The van der Waals surface area contributed by atoms with E-state index >= 15 is 0 Å². The van der Waals surface area contributed by atoms with Gasteiger partial charge in [0.1, 0.15) is 11.8 Å². The van der Waals surface area contributed by atoms with Crippen molar-refractivity contribution in [2.45, 2.75) is 52.4 Å². The standard InChI is InChI=1S/C22H29N3O4/c1-4-18-14(2)15(3)21(29-18)25-13-17(20(27)24-22(25)28)19(26)23-12-8-11-16-9-6-5-7-10-16/h5-7,9-10,13-15,18,21H,4,8,11-12H2,1-3H3,(H,23,26)(H,24,27,28)/t14?,15-,18+,21+/m0/s1. The maximum Gasteiger partial charge on any atom is 0.330 e. The molecule has 1 aromatic heterocycles. The number of ether oxygens (including phenoxy) is 1. The highest BCUT2D eigenvalue weighted by Crippen LogP contribution is 2.39. The summed E-state index contributed by atoms with van der Waals surface area (Å²) in [5.74, 6) is -0.122. The van der Waals surface area contributed by atoms with E-state index in [1.165, 1.54) is 16.3 Å². The van der Waals surface area contributed by atoms with Crippen LogP contribution in [0.2, 0.25) is 0 Å². The molecule has 2 heterocycles. The van der Waals surface area contributed by atoms with Gasteiger partial charge < -0.3 is 10.1 Å². The summed E-state index contributed by atoms with van der Waals surface area (Å²) in [6.07, 6.45) is 3.31. The van der Waals surface area contributed by atoms with E-state index in [9.17, 15) is 14.4 Å². The summed E-state index contributed by atoms with van der Waals surface area (Å²) in [5.41, 5.74) is -0.123. The Morgan fingerprint density at radius 1 is 1.17 bits per heavy atom. The molecular weight excluding hydrogens is 370 g/mol. The molecule has 2 aromatic rings. The molecule has 2 N–H and O–H groups in total. The van der Waals surface area contributed by atoms with Crippen LogP contribution in [-0.4, -0.2) is 28.1 Å². The van der Waals surface area contributed by atoms with Crippen LogP contribution in [0.25, 0.3) is 0 Å². The summed E-state index contributed by atoms with van der Waals surface area (Å²) >= 11 is 0. The van der Waals surface area contributed by atoms with Crippen molar-refractivity contribution in [1.29, 1.82) is 0 Å². The van der Waals surface area contributed by atoms with E-state index in [1.54, 1.807) is 0 Å². The van der Waals surface area contributed by atoms with Crippen LogP contribution in [-0.2, 0) is 11.2 Å². The van der Waals surface area contributed by atoms with Gasteiger partial charge in [0.05, 0.1) is 6.10 Å². The minimum atomic E-state index is -0.683. The Kier molecular flexibility index (Phi) is 6.69. The van der Waals surface area contributed by atoms with Crippen molar-refractivity contribution >= 4 is 5.91 Å². The molecule has 29 heavy (non-hydrogen) atoms. The van der Waals surface area contributed by atoms with Crippen molar-refractivity contribution in [1.82, 2.24) is 14.9 Å². The van der Waals surface area contributed by atoms with Crippen molar-refractivity contribution in [3.05, 3.63) is 68.5 Å². The van der Waals surface area contributed by atoms with Crippen LogP contribution in [0.15, 0.2) is 46.1 Å². The maximum absolute atomic E-state index is 12.5. The van der Waals surface area contributed by atoms with Crippen LogP contribution < -0.4 is 16.6 Å². The van der Waals surface area contributed by atoms with Crippen molar-refractivity contribution in [3.63, 3.8) is 0 Å². The molecule has 0 bridgehead atoms. The third kappa shape index (κ3) is 4.67. The smallest absolute Gasteiger partial charge is 0.330 e. The van der Waals surface area contributed by atoms with Crippen molar-refractivity contribution in [3.8, 4) is 0 Å². The number of nitrogens with one attached hydrogen (secondary N) is 2. The van der Waals surface area contributed by atoms with Gasteiger partial charge in [-0.05, 0) is 30.7 Å². The third-order valence-corrected chi connectivity index (χ3v) is 5.84. The van der Waals surface area contributed by atoms with Gasteiger partial charge in [-0.15, -0.1) is 0 Å². The molecule has 156 valence electrons. The summed E-state index contributed by atoms with van der Waals surface area (Å²) < 4.78 is 7.38. The Balaban J connectivity index is 1.69. The van der Waals surface area contributed by atoms with Crippen molar-refractivity contribution in [2.24, 2.45) is 11.8 Å². The number of H-pyrrole nitrogens is 1. The number of rotatable bonds is 7. The highest BCUT2D eigenvalue weighted by Gasteiger charge is 2.39. The Morgan fingerprint density at radius 3 is 2.55 bits per heavy atom. The molecule has 1 aliphatic heterocycles. The number of aryl methyl sites for hydroxylation is 1. The summed E-state index contributed by atoms with van der Waals surface area (Å²) in [6.45, 7) is 6.60. The maximum atomic E-state index is 12.5. The van der Waals surface area contributed by atoms with Gasteiger partial charge in [-0.1, -0.05) is 51.1 Å². The summed E-state index contributed by atoms with van der Waals surface area (Å²) in [7, 11) is 0. The SMILES string of the molecule is CC[C@H]1O[C@@H](n2cc(C(=O)NCCCc3ccccc3)c(=O)[nH]c2=O)[C@@H](C)C1C. The topological polar surface area (TPSA) is 93.2 Å². The molecule has 3 rings (SSSR count). The molecule has 1 aromatic carbocycles. The van der Waals surface area contributed by atoms with Crippen LogP contribution in [0.4, 0.5) is 0 Å². The number of hydrogen-bond acceptors (Lipinski definition) is 4. The van der Waals surface area contributed by atoms with E-state index < -0.39 is 23.4 Å². The number of nitrogens with zero attached hydrogens (tertiary/aromatic N) is 1. The van der Waals surface area contributed by atoms with Gasteiger partial charge >= 0.3 is 5.69 Å². The second-order valence-corrected chi connectivity index (χ2v) is 7.75. The molecule has 0 spiro atoms. The Hall–Kier alpha value is -2.67. The van der Waals surface area contributed by atoms with Crippen LogP contribution in [0.1, 0.15) is 55.8 Å². The predicted octanol–water partition coefficient (Wildman–Crippen LogP) is 2.48. The summed E-state index contributed by atoms with van der Waals surface area (Å²) in [4.78, 5) is 39.4. The summed E-state index contributed by atoms with van der Waals surface area (Å²) in [5, 5.41) is 2.77. The molecule has 7 nitrogen and oxygen atoms in total. The summed E-state index contributed by atoms with van der Waals surface area (Å²) in [6, 6.07) is 10.00. The molecular formula is C22H29N3O4. The van der Waals surface area contributed by atoms with E-state index in [0.717, 1.165) is 19.3 Å². The van der Waals surface area contributed by atoms with Gasteiger partial charge in [0.15, 0.2) is 0 Å². The predicted molar refractivity (Wildman–Crippen MR) is 111 cm³/mol. The Bertz CT molecular complexity index is 951. The zero-order valence-corrected chi connectivity index (χ0v) is 17.2. The number of amides is 1. The quantitative estimate of drug-likeness (QED) is 0.700. The molecule has 1 fully saturated rings. The molecule has 0 saturated carbocycles. The number of carbonyl (C=O) groups excluding carboxylic acids is 1. The molecule has 1 aliphatic rings. The highest BCUT2D eigenvalue weighted by atomic mass is 16.5. The largest absolute Gasteiger partial charge is 0.354 e. The first-order valence-electron chi connectivity index (χ1n) is 10.3. The first-order chi connectivity index (χ1) is 13.9. The second-order valence-electron chi connectivity index (χ2n) is 7.75. The van der Waals surface area contributed by atoms with E-state index in [1.807, 2.05) is 44.2 Å². The number of hydrogen-bond donors (Lipinski definition) is 2. The highest BCUT2D eigenvalue weighted by molar-refractivity contribution is 5.93. The van der Waals surface area contributed by atoms with Crippen LogP contribution >= 0.6 is 0 Å². The normalized spacial score (nSPS) is 23.8. The first-order valence-corrected chi connectivity index (χ1v) is 10.3. The zero-order valence-electron chi connectivity index (χ0n) is 17.2. The third-order valence-electron chi connectivity index (χ3n) is 5.84. The minimum absolute atomic E-state index is 0.0455. The molecule has 4 atom stereocenters. The fraction of sp³-hybridized carbons (Fsp3) is 0.500. The van der Waals surface area contributed by atoms with E-state index in [-0.39, 0.29) is 23.5 Å². The van der Waals surface area contributed by atoms with Crippen LogP contribution in [0.3, 0.4) is 0 Å². The lowest BCUT2D eigenvalue weighted by molar-refractivity contribution is -0.0169. The Morgan fingerprint density at radius 2 is 1.90 bits per heavy atom. The zero-order chi connectivity index (χ0) is 21.0. The van der Waals surface area contributed by atoms with Crippen molar-refractivity contribution in [2.75, 3.05) is 6.54 Å². The second kappa shape index (κ2) is 9.22. The molecule has 1 amide bonds. The molecule has 7 heteroatoms. The molecule has 1 unspecified atom stereocenters. The number of benzene rings is 1. The van der Waals surface area contributed by atoms with Gasteiger partial charge in [-0.2, -0.15) is 0 Å². The van der Waals surface area contributed by atoms with Crippen molar-refractivity contribution < 1.29 is 9.53 Å². The average molecular weight is 399 g/mol. The van der Waals surface area contributed by atoms with Gasteiger partial charge in [-0.25, -0.2) is 4.79 Å².